The Morgan fingerprint density at radius 1 is 0.766 bits per heavy atom. The maximum atomic E-state index is 11.6. The molecule has 0 radical (unpaired) electrons. The molecule has 1 aliphatic carbocycles. The van der Waals surface area contributed by atoms with Crippen LogP contribution in [0.1, 0.15) is 11.1 Å². The molecule has 0 unspecified atom stereocenters. The first kappa shape index (κ1) is 31.7. The van der Waals surface area contributed by atoms with Gasteiger partial charge in [-0.2, -0.15) is 15.3 Å². The molecular weight excluding hydrogens is 600 g/mol. The SMILES string of the molecule is Cc1cc(N=Nc2ccc(-c3ccc(N/N=C4/C=CC(=O)C(C(=O)O)=C4)cc3)cc2)c(N)c(N=Nc2ccc(CC(=O)O)cc2)c1N. The number of carboxylic acid groups (broad SMARTS) is 2. The molecule has 0 amide bonds. The van der Waals surface area contributed by atoms with E-state index in [0.717, 1.165) is 11.1 Å². The van der Waals surface area contributed by atoms with E-state index in [2.05, 4.69) is 31.0 Å². The van der Waals surface area contributed by atoms with Gasteiger partial charge in [0.05, 0.1) is 40.6 Å². The van der Waals surface area contributed by atoms with Crippen molar-refractivity contribution in [2.75, 3.05) is 16.9 Å². The minimum atomic E-state index is -1.30. The number of allylic oxidation sites excluding steroid dienone is 3. The average molecular weight is 629 g/mol. The minimum absolute atomic E-state index is 0.0864. The van der Waals surface area contributed by atoms with Crippen LogP contribution in [-0.2, 0) is 20.8 Å². The van der Waals surface area contributed by atoms with Gasteiger partial charge in [0, 0.05) is 0 Å². The average Bonchev–Trinajstić information content (AvgIpc) is 3.06. The number of aliphatic carboxylic acids is 2. The molecule has 5 rings (SSSR count). The van der Waals surface area contributed by atoms with Crippen LogP contribution in [0.15, 0.2) is 128 Å². The lowest BCUT2D eigenvalue weighted by Crippen LogP contribution is -2.15. The zero-order valence-electron chi connectivity index (χ0n) is 25.0. The van der Waals surface area contributed by atoms with Gasteiger partial charge in [-0.1, -0.05) is 36.4 Å². The zero-order valence-corrected chi connectivity index (χ0v) is 25.0. The maximum absolute atomic E-state index is 11.6. The summed E-state index contributed by atoms with van der Waals surface area (Å²) in [5, 5.41) is 39.3. The molecule has 0 aromatic heterocycles. The van der Waals surface area contributed by atoms with Gasteiger partial charge in [-0.25, -0.2) is 4.79 Å². The van der Waals surface area contributed by atoms with Crippen molar-refractivity contribution in [2.24, 2.45) is 25.6 Å². The van der Waals surface area contributed by atoms with E-state index in [-0.39, 0.29) is 23.4 Å². The summed E-state index contributed by atoms with van der Waals surface area (Å²) in [5.41, 5.74) is 21.6. The standard InChI is InChI=1S/C34H28N8O5/c1-19-16-28(32(36)33(31(19)35)42-39-23-8-2-20(3-9-23)17-30(44)45)41-38-25-12-6-22(7-13-25)21-4-10-24(11-5-21)37-40-26-14-15-29(43)27(18-26)34(46)47/h2-16,18,37H,17,35-36H2,1H3,(H,44,45)(H,46,47)/b40-26-,41-38?,42-39?. The number of carbonyl (C=O) groups excluding carboxylic acids is 1. The largest absolute Gasteiger partial charge is 0.481 e. The zero-order chi connectivity index (χ0) is 33.5. The van der Waals surface area contributed by atoms with Crippen LogP contribution < -0.4 is 16.9 Å². The van der Waals surface area contributed by atoms with E-state index in [1.54, 1.807) is 37.3 Å². The molecule has 7 N–H and O–H groups in total. The quantitative estimate of drug-likeness (QED) is 0.0396. The number of hydrogen-bond acceptors (Lipinski definition) is 11. The summed E-state index contributed by atoms with van der Waals surface area (Å²) >= 11 is 0. The van der Waals surface area contributed by atoms with Gasteiger partial charge in [0.15, 0.2) is 5.78 Å². The van der Waals surface area contributed by atoms with Gasteiger partial charge in [-0.3, -0.25) is 15.0 Å². The Labute approximate surface area is 268 Å². The van der Waals surface area contributed by atoms with E-state index in [0.29, 0.717) is 45.3 Å². The number of hydrazone groups is 1. The predicted molar refractivity (Wildman–Crippen MR) is 179 cm³/mol. The number of aryl methyl sites for hydroxylation is 1. The van der Waals surface area contributed by atoms with Crippen molar-refractivity contribution in [3.63, 3.8) is 0 Å². The van der Waals surface area contributed by atoms with E-state index in [1.165, 1.54) is 18.2 Å². The fourth-order valence-electron chi connectivity index (χ4n) is 4.42. The number of nitrogen functional groups attached to an aromatic ring is 2. The van der Waals surface area contributed by atoms with Crippen LogP contribution in [0.2, 0.25) is 0 Å². The summed E-state index contributed by atoms with van der Waals surface area (Å²) in [4.78, 5) is 33.7. The van der Waals surface area contributed by atoms with Crippen LogP contribution in [0, 0.1) is 6.92 Å². The molecule has 0 atom stereocenters. The second kappa shape index (κ2) is 13.9. The third-order valence-corrected chi connectivity index (χ3v) is 6.99. The molecule has 0 heterocycles. The molecule has 4 aromatic carbocycles. The molecular formula is C34H28N8O5. The number of rotatable bonds is 10. The highest BCUT2D eigenvalue weighted by Gasteiger charge is 2.18. The lowest BCUT2D eigenvalue weighted by Gasteiger charge is -2.09. The van der Waals surface area contributed by atoms with E-state index in [1.807, 2.05) is 48.5 Å². The number of carboxylic acids is 2. The Kier molecular flexibility index (Phi) is 9.37. The first-order chi connectivity index (χ1) is 22.6. The van der Waals surface area contributed by atoms with Gasteiger partial charge in [0.2, 0.25) is 0 Å². The molecule has 234 valence electrons. The molecule has 0 aliphatic heterocycles. The van der Waals surface area contributed by atoms with Crippen molar-refractivity contribution >= 4 is 63.2 Å². The van der Waals surface area contributed by atoms with Gasteiger partial charge in [-0.05, 0) is 89.9 Å². The minimum Gasteiger partial charge on any atom is -0.481 e. The first-order valence-corrected chi connectivity index (χ1v) is 14.1. The lowest BCUT2D eigenvalue weighted by atomic mass is 10.0. The van der Waals surface area contributed by atoms with Crippen molar-refractivity contribution in [1.29, 1.82) is 0 Å². The van der Waals surface area contributed by atoms with Gasteiger partial charge >= 0.3 is 11.9 Å². The molecule has 0 saturated heterocycles. The predicted octanol–water partition coefficient (Wildman–Crippen LogP) is 7.20. The van der Waals surface area contributed by atoms with Crippen molar-refractivity contribution < 1.29 is 24.6 Å². The summed E-state index contributed by atoms with van der Waals surface area (Å²) in [6.07, 6.45) is 3.74. The Morgan fingerprint density at radius 2 is 1.36 bits per heavy atom. The monoisotopic (exact) mass is 628 g/mol. The van der Waals surface area contributed by atoms with Crippen molar-refractivity contribution in [3.8, 4) is 11.1 Å². The topological polar surface area (TPSA) is 218 Å². The Hall–Kier alpha value is -6.76. The number of hydrogen-bond donors (Lipinski definition) is 5. The van der Waals surface area contributed by atoms with Crippen LogP contribution in [0.5, 0.6) is 0 Å². The smallest absolute Gasteiger partial charge is 0.339 e. The highest BCUT2D eigenvalue weighted by Crippen LogP contribution is 2.41. The molecule has 13 nitrogen and oxygen atoms in total. The van der Waals surface area contributed by atoms with Crippen LogP contribution in [-0.4, -0.2) is 33.6 Å². The van der Waals surface area contributed by atoms with Crippen molar-refractivity contribution in [2.45, 2.75) is 13.3 Å². The third-order valence-electron chi connectivity index (χ3n) is 6.99. The Balaban J connectivity index is 1.26. The fourth-order valence-corrected chi connectivity index (χ4v) is 4.42. The number of anilines is 3. The molecule has 13 heteroatoms. The number of carbonyl (C=O) groups is 3. The number of benzene rings is 4. The second-order valence-corrected chi connectivity index (χ2v) is 10.4. The summed E-state index contributed by atoms with van der Waals surface area (Å²) in [6, 6.07) is 23.2. The summed E-state index contributed by atoms with van der Waals surface area (Å²) < 4.78 is 0. The number of ketones is 1. The van der Waals surface area contributed by atoms with Gasteiger partial charge < -0.3 is 21.7 Å². The van der Waals surface area contributed by atoms with Crippen molar-refractivity contribution in [3.05, 3.63) is 114 Å². The molecule has 0 bridgehead atoms. The number of nitrogens with two attached hydrogens (primary N) is 2. The van der Waals surface area contributed by atoms with Crippen LogP contribution in [0.4, 0.5) is 39.8 Å². The highest BCUT2D eigenvalue weighted by atomic mass is 16.4. The maximum Gasteiger partial charge on any atom is 0.339 e. The Bertz CT molecular complexity index is 2010. The first-order valence-electron chi connectivity index (χ1n) is 14.1. The molecule has 0 fully saturated rings. The number of nitrogens with one attached hydrogen (secondary N) is 1. The lowest BCUT2D eigenvalue weighted by molar-refractivity contribution is -0.136. The Morgan fingerprint density at radius 3 is 1.98 bits per heavy atom. The third kappa shape index (κ3) is 7.85. The summed E-state index contributed by atoms with van der Waals surface area (Å²) in [7, 11) is 0. The number of nitrogens with zero attached hydrogens (tertiary/aromatic N) is 5. The highest BCUT2D eigenvalue weighted by molar-refractivity contribution is 6.29. The van der Waals surface area contributed by atoms with Gasteiger partial charge in [0.1, 0.15) is 16.9 Å². The van der Waals surface area contributed by atoms with E-state index in [9.17, 15) is 14.4 Å². The van der Waals surface area contributed by atoms with E-state index >= 15 is 0 Å². The fraction of sp³-hybridized carbons (Fsp3) is 0.0588. The van der Waals surface area contributed by atoms with Crippen LogP contribution in [0.3, 0.4) is 0 Å². The number of azo groups is 2. The van der Waals surface area contributed by atoms with Crippen molar-refractivity contribution in [1.82, 2.24) is 0 Å². The summed E-state index contributed by atoms with van der Waals surface area (Å²) in [5.74, 6) is -2.80. The second-order valence-electron chi connectivity index (χ2n) is 10.4. The molecule has 47 heavy (non-hydrogen) atoms. The van der Waals surface area contributed by atoms with Gasteiger partial charge in [0.25, 0.3) is 0 Å². The molecule has 0 spiro atoms. The molecule has 1 aliphatic rings. The molecule has 0 saturated carbocycles. The van der Waals surface area contributed by atoms with Crippen LogP contribution in [0.25, 0.3) is 11.1 Å². The molecule has 4 aromatic rings. The van der Waals surface area contributed by atoms with Gasteiger partial charge in [-0.15, -0.1) is 10.2 Å². The summed E-state index contributed by atoms with van der Waals surface area (Å²) in [6.45, 7) is 1.80. The van der Waals surface area contributed by atoms with E-state index < -0.39 is 17.7 Å². The normalized spacial score (nSPS) is 13.8. The van der Waals surface area contributed by atoms with E-state index in [4.69, 9.17) is 21.7 Å². The van der Waals surface area contributed by atoms with Crippen LogP contribution >= 0.6 is 0 Å².